The van der Waals surface area contributed by atoms with Gasteiger partial charge in [0.25, 0.3) is 0 Å². The molecule has 3 aliphatic rings. The fraction of sp³-hybridized carbons (Fsp3) is 0.450. The summed E-state index contributed by atoms with van der Waals surface area (Å²) >= 11 is 1.62. The van der Waals surface area contributed by atoms with Gasteiger partial charge in [-0.3, -0.25) is 4.79 Å². The van der Waals surface area contributed by atoms with Crippen molar-refractivity contribution in [3.8, 4) is 27.6 Å². The highest BCUT2D eigenvalue weighted by atomic mass is 32.1. The molecule has 2 aromatic carbocycles. The Kier molecular flexibility index (Phi) is 10.3. The van der Waals surface area contributed by atoms with Gasteiger partial charge in [0.1, 0.15) is 30.6 Å². The number of ether oxygens (including phenoxy) is 3. The number of benzene rings is 2. The summed E-state index contributed by atoms with van der Waals surface area (Å²) in [5.41, 5.74) is 6.37. The average molecular weight is 757 g/mol. The summed E-state index contributed by atoms with van der Waals surface area (Å²) in [5.74, 6) is -0.747. The summed E-state index contributed by atoms with van der Waals surface area (Å²) in [4.78, 5) is 39.8. The number of carbonyl (C=O) groups excluding carboxylic acids is 2. The maximum absolute atomic E-state index is 14.0. The fourth-order valence-electron chi connectivity index (χ4n) is 8.15. The summed E-state index contributed by atoms with van der Waals surface area (Å²) in [7, 11) is 0. The molecule has 0 unspecified atom stereocenters. The van der Waals surface area contributed by atoms with Crippen molar-refractivity contribution in [1.29, 1.82) is 0 Å². The number of aliphatic hydroxyl groups is 4. The molecule has 5 heterocycles. The van der Waals surface area contributed by atoms with Gasteiger partial charge in [-0.05, 0) is 74.1 Å². The van der Waals surface area contributed by atoms with E-state index in [0.29, 0.717) is 31.8 Å². The van der Waals surface area contributed by atoms with Crippen LogP contribution in [0.3, 0.4) is 0 Å². The molecule has 5 atom stereocenters. The third kappa shape index (κ3) is 6.92. The number of aryl methyl sites for hydroxylation is 2. The number of rotatable bonds is 7. The van der Waals surface area contributed by atoms with Gasteiger partial charge < -0.3 is 44.1 Å². The molecule has 14 heteroatoms. The highest BCUT2D eigenvalue weighted by Crippen LogP contribution is 2.45. The third-order valence-electron chi connectivity index (χ3n) is 10.9. The minimum Gasteiger partial charge on any atom is -0.424 e. The van der Waals surface area contributed by atoms with Crippen LogP contribution in [0.4, 0.5) is 0 Å². The molecule has 0 radical (unpaired) electrons. The largest absolute Gasteiger partial charge is 0.424 e. The van der Waals surface area contributed by atoms with E-state index in [1.807, 2.05) is 41.5 Å². The molecule has 3 aromatic heterocycles. The lowest BCUT2D eigenvalue weighted by Gasteiger charge is -2.36. The topological polar surface area (TPSA) is 177 Å². The summed E-state index contributed by atoms with van der Waals surface area (Å²) in [6.07, 6.45) is -3.71. The lowest BCUT2D eigenvalue weighted by Crippen LogP contribution is -2.60. The van der Waals surface area contributed by atoms with E-state index in [-0.39, 0.29) is 24.1 Å². The minimum absolute atomic E-state index is 0.0376. The van der Waals surface area contributed by atoms with Crippen molar-refractivity contribution in [2.45, 2.75) is 89.1 Å². The number of pyridine rings is 1. The van der Waals surface area contributed by atoms with Crippen molar-refractivity contribution in [2.24, 2.45) is 0 Å². The Hall–Kier alpha value is -4.28. The van der Waals surface area contributed by atoms with Gasteiger partial charge in [-0.15, -0.1) is 11.3 Å². The monoisotopic (exact) mass is 756 g/mol. The van der Waals surface area contributed by atoms with E-state index in [1.54, 1.807) is 23.5 Å². The van der Waals surface area contributed by atoms with E-state index >= 15 is 0 Å². The van der Waals surface area contributed by atoms with Crippen molar-refractivity contribution in [1.82, 2.24) is 19.4 Å². The van der Waals surface area contributed by atoms with Crippen LogP contribution in [-0.4, -0.2) is 109 Å². The molecule has 1 saturated carbocycles. The Bertz CT molecular complexity index is 2210. The number of hydrogen-bond acceptors (Lipinski definition) is 12. The first-order valence-corrected chi connectivity index (χ1v) is 19.4. The molecule has 3 fully saturated rings. The van der Waals surface area contributed by atoms with Crippen LogP contribution in [0.15, 0.2) is 48.5 Å². The minimum atomic E-state index is -1.89. The second-order valence-electron chi connectivity index (χ2n) is 14.4. The van der Waals surface area contributed by atoms with Crippen LogP contribution in [-0.2, 0) is 25.6 Å². The van der Waals surface area contributed by atoms with Gasteiger partial charge in [-0.25, -0.2) is 14.8 Å². The van der Waals surface area contributed by atoms with Crippen LogP contribution in [0, 0.1) is 13.8 Å². The maximum Gasteiger partial charge on any atom is 0.343 e. The second-order valence-corrected chi connectivity index (χ2v) is 15.7. The Morgan fingerprint density at radius 1 is 0.907 bits per heavy atom. The van der Waals surface area contributed by atoms with Gasteiger partial charge in [-0.2, -0.15) is 0 Å². The van der Waals surface area contributed by atoms with Crippen LogP contribution in [0.2, 0.25) is 0 Å². The van der Waals surface area contributed by atoms with Gasteiger partial charge in [-0.1, -0.05) is 31.4 Å². The van der Waals surface area contributed by atoms with Crippen molar-refractivity contribution in [2.75, 3.05) is 26.3 Å². The quantitative estimate of drug-likeness (QED) is 0.138. The molecule has 1 amide bonds. The normalized spacial score (nSPS) is 24.0. The summed E-state index contributed by atoms with van der Waals surface area (Å²) in [5, 5.41) is 43.5. The lowest BCUT2D eigenvalue weighted by atomic mass is 9.81. The predicted molar refractivity (Wildman–Crippen MR) is 201 cm³/mol. The predicted octanol–water partition coefficient (Wildman–Crippen LogP) is 4.21. The number of thiazole rings is 1. The van der Waals surface area contributed by atoms with Crippen LogP contribution >= 0.6 is 11.3 Å². The molecule has 0 bridgehead atoms. The first kappa shape index (κ1) is 36.7. The number of nitrogens with zero attached hydrogens (tertiary/aromatic N) is 4. The third-order valence-corrected chi connectivity index (χ3v) is 12.0. The molecule has 4 N–H and O–H groups in total. The first-order valence-electron chi connectivity index (χ1n) is 18.5. The van der Waals surface area contributed by atoms with Crippen LogP contribution in [0.1, 0.15) is 54.3 Å². The van der Waals surface area contributed by atoms with E-state index in [1.165, 1.54) is 6.42 Å². The summed E-state index contributed by atoms with van der Waals surface area (Å²) < 4.78 is 18.4. The molecule has 2 saturated heterocycles. The van der Waals surface area contributed by atoms with Gasteiger partial charge in [0.05, 0.1) is 51.2 Å². The van der Waals surface area contributed by atoms with E-state index < -0.39 is 36.7 Å². The Morgan fingerprint density at radius 3 is 2.43 bits per heavy atom. The van der Waals surface area contributed by atoms with E-state index in [9.17, 15) is 30.0 Å². The lowest BCUT2D eigenvalue weighted by molar-refractivity contribution is -0.279. The fourth-order valence-corrected chi connectivity index (χ4v) is 9.04. The molecule has 1 aliphatic carbocycles. The number of amides is 1. The second kappa shape index (κ2) is 15.1. The molecule has 8 rings (SSSR count). The van der Waals surface area contributed by atoms with Crippen molar-refractivity contribution in [3.63, 3.8) is 0 Å². The van der Waals surface area contributed by atoms with Crippen molar-refractivity contribution in [3.05, 3.63) is 64.8 Å². The van der Waals surface area contributed by atoms with Crippen LogP contribution in [0.5, 0.6) is 5.75 Å². The van der Waals surface area contributed by atoms with Crippen molar-refractivity contribution >= 4 is 45.0 Å². The molecular formula is C40H44N4O9S. The highest BCUT2D eigenvalue weighted by molar-refractivity contribution is 7.15. The SMILES string of the molecule is Cc1nc(C)c(-c2ccc3cc(-c4c(C5CCCCC5)c5ccc(OC(=O)[C@H]6O[C@@H](O)[C@H](O)[C@@H](O)[C@@H]6O)cc5n4CC(=O)N4CCOCC4)ccc3n2)s1. The zero-order chi connectivity index (χ0) is 37.7. The van der Waals surface area contributed by atoms with E-state index in [0.717, 1.165) is 80.1 Å². The number of carbonyl (C=O) groups is 2. The van der Waals surface area contributed by atoms with Crippen LogP contribution in [0.25, 0.3) is 43.6 Å². The zero-order valence-electron chi connectivity index (χ0n) is 30.2. The number of fused-ring (bicyclic) bond motifs is 2. The number of esters is 1. The maximum atomic E-state index is 14.0. The first-order chi connectivity index (χ1) is 26.1. The smallest absolute Gasteiger partial charge is 0.343 e. The number of morpholine rings is 1. The molecule has 13 nitrogen and oxygen atoms in total. The van der Waals surface area contributed by atoms with Gasteiger partial charge in [0.15, 0.2) is 12.4 Å². The van der Waals surface area contributed by atoms with E-state index in [2.05, 4.69) is 23.2 Å². The Labute approximate surface area is 315 Å². The Morgan fingerprint density at radius 2 is 1.69 bits per heavy atom. The van der Waals surface area contributed by atoms with Crippen LogP contribution < -0.4 is 4.74 Å². The van der Waals surface area contributed by atoms with Gasteiger partial charge in [0, 0.05) is 29.9 Å². The highest BCUT2D eigenvalue weighted by Gasteiger charge is 2.47. The summed E-state index contributed by atoms with van der Waals surface area (Å²) in [6.45, 7) is 5.94. The molecule has 0 spiro atoms. The average Bonchev–Trinajstić information content (AvgIpc) is 3.70. The van der Waals surface area contributed by atoms with Gasteiger partial charge in [0.2, 0.25) is 5.91 Å². The number of hydrogen-bond donors (Lipinski definition) is 4. The molecule has 5 aromatic rings. The standard InChI is InChI=1S/C40H44N4O9S/c1-21-38(54-22(2)41-21)29-13-8-24-18-25(9-12-28(24)42-29)33-32(23-6-4-3-5-7-23)27-11-10-26(52-40(50)37-35(47)34(46)36(48)39(49)53-37)19-30(27)44(33)20-31(45)43-14-16-51-17-15-43/h8-13,18-19,23,34-37,39,46-49H,3-7,14-17,20H2,1-2H3/t34-,35-,36+,37-,39+/m0/s1. The zero-order valence-corrected chi connectivity index (χ0v) is 31.0. The molecular weight excluding hydrogens is 713 g/mol. The molecule has 2 aliphatic heterocycles. The Balaban J connectivity index is 1.24. The number of aromatic nitrogens is 3. The van der Waals surface area contributed by atoms with Crippen molar-refractivity contribution < 1.29 is 44.2 Å². The number of aliphatic hydroxyl groups excluding tert-OH is 4. The van der Waals surface area contributed by atoms with E-state index in [4.69, 9.17) is 19.2 Å². The molecule has 284 valence electrons. The molecule has 54 heavy (non-hydrogen) atoms. The summed E-state index contributed by atoms with van der Waals surface area (Å²) in [6, 6.07) is 15.6. The van der Waals surface area contributed by atoms with Gasteiger partial charge >= 0.3 is 5.97 Å².